The van der Waals surface area contributed by atoms with Crippen molar-refractivity contribution >= 4 is 11.4 Å². The molecule has 0 spiro atoms. The summed E-state index contributed by atoms with van der Waals surface area (Å²) in [5.41, 5.74) is -0.885. The third kappa shape index (κ3) is 2.34. The molecule has 0 N–H and O–H groups in total. The Hall–Kier alpha value is -3.74. The van der Waals surface area contributed by atoms with Gasteiger partial charge in [-0.05, 0) is 35.4 Å². The number of benzene rings is 2. The van der Waals surface area contributed by atoms with Crippen LogP contribution in [0.25, 0.3) is 20.8 Å². The van der Waals surface area contributed by atoms with Crippen molar-refractivity contribution in [3.8, 4) is 23.3 Å². The SMILES string of the molecule is [C-]#[N+]c1cc(-c2cc(C#N)c(F)c([N+]#[C-])c2)cc(C#N)c1F. The van der Waals surface area contributed by atoms with Crippen molar-refractivity contribution in [1.29, 1.82) is 10.5 Å². The van der Waals surface area contributed by atoms with Crippen LogP contribution in [-0.2, 0) is 0 Å². The molecule has 2 aromatic rings. The maximum Gasteiger partial charge on any atom is 0.224 e. The average molecular weight is 290 g/mol. The normalized spacial score (nSPS) is 9.18. The fourth-order valence-electron chi connectivity index (χ4n) is 1.88. The molecule has 2 rings (SSSR count). The summed E-state index contributed by atoms with van der Waals surface area (Å²) < 4.78 is 27.5. The molecule has 0 heterocycles. The van der Waals surface area contributed by atoms with Gasteiger partial charge in [0.15, 0.2) is 0 Å². The van der Waals surface area contributed by atoms with Gasteiger partial charge >= 0.3 is 0 Å². The van der Waals surface area contributed by atoms with Gasteiger partial charge in [0, 0.05) is 0 Å². The molecule has 0 saturated carbocycles. The van der Waals surface area contributed by atoms with E-state index in [4.69, 9.17) is 23.7 Å². The minimum Gasteiger partial charge on any atom is -0.235 e. The van der Waals surface area contributed by atoms with E-state index in [0.29, 0.717) is 0 Å². The molecule has 6 heteroatoms. The molecule has 4 nitrogen and oxygen atoms in total. The topological polar surface area (TPSA) is 56.3 Å². The number of hydrogen-bond acceptors (Lipinski definition) is 2. The lowest BCUT2D eigenvalue weighted by Gasteiger charge is -2.07. The summed E-state index contributed by atoms with van der Waals surface area (Å²) in [5.74, 6) is -1.87. The van der Waals surface area contributed by atoms with Gasteiger partial charge < -0.3 is 0 Å². The second-order valence-corrected chi connectivity index (χ2v) is 4.16. The van der Waals surface area contributed by atoms with Gasteiger partial charge in [-0.2, -0.15) is 10.5 Å². The van der Waals surface area contributed by atoms with Crippen LogP contribution in [0.5, 0.6) is 0 Å². The smallest absolute Gasteiger partial charge is 0.224 e. The van der Waals surface area contributed by atoms with Crippen LogP contribution in [0.2, 0.25) is 0 Å². The van der Waals surface area contributed by atoms with Crippen molar-refractivity contribution in [3.63, 3.8) is 0 Å². The van der Waals surface area contributed by atoms with Crippen molar-refractivity contribution < 1.29 is 8.78 Å². The third-order valence-corrected chi connectivity index (χ3v) is 2.92. The summed E-state index contributed by atoms with van der Waals surface area (Å²) >= 11 is 0. The molecular formula is C16H4F2N4. The molecule has 0 aliphatic heterocycles. The van der Waals surface area contributed by atoms with Crippen LogP contribution in [0.4, 0.5) is 20.2 Å². The molecule has 22 heavy (non-hydrogen) atoms. The summed E-state index contributed by atoms with van der Waals surface area (Å²) in [4.78, 5) is 5.98. The van der Waals surface area contributed by atoms with Gasteiger partial charge in [0.1, 0.15) is 23.8 Å². The van der Waals surface area contributed by atoms with Crippen molar-refractivity contribution in [2.45, 2.75) is 0 Å². The Bertz CT molecular complexity index is 801. The van der Waals surface area contributed by atoms with Gasteiger partial charge in [-0.25, -0.2) is 18.5 Å². The van der Waals surface area contributed by atoms with Gasteiger partial charge in [-0.1, -0.05) is 0 Å². The van der Waals surface area contributed by atoms with Gasteiger partial charge in [-0.3, -0.25) is 0 Å². The first-order valence-electron chi connectivity index (χ1n) is 5.78. The predicted octanol–water partition coefficient (Wildman–Crippen LogP) is 4.48. The van der Waals surface area contributed by atoms with Crippen LogP contribution < -0.4 is 0 Å². The Morgan fingerprint density at radius 2 is 1.14 bits per heavy atom. The first-order valence-corrected chi connectivity index (χ1v) is 5.78. The molecule has 2 aromatic carbocycles. The lowest BCUT2D eigenvalue weighted by atomic mass is 9.99. The Balaban J connectivity index is 2.80. The average Bonchev–Trinajstić information content (AvgIpc) is 2.55. The fourth-order valence-corrected chi connectivity index (χ4v) is 1.88. The summed E-state index contributed by atoms with van der Waals surface area (Å²) in [7, 11) is 0. The van der Waals surface area contributed by atoms with Crippen molar-refractivity contribution in [1.82, 2.24) is 0 Å². The molecule has 0 amide bonds. The molecule has 0 atom stereocenters. The van der Waals surface area contributed by atoms with Gasteiger partial charge in [0.25, 0.3) is 0 Å². The van der Waals surface area contributed by atoms with Crippen LogP contribution >= 0.6 is 0 Å². The summed E-state index contributed by atoms with van der Waals surface area (Å²) in [6.45, 7) is 13.8. The summed E-state index contributed by atoms with van der Waals surface area (Å²) in [5, 5.41) is 17.8. The van der Waals surface area contributed by atoms with E-state index >= 15 is 0 Å². The van der Waals surface area contributed by atoms with Crippen LogP contribution in [0.3, 0.4) is 0 Å². The second kappa shape index (κ2) is 5.71. The van der Waals surface area contributed by atoms with Crippen LogP contribution in [0, 0.1) is 47.4 Å². The predicted molar refractivity (Wildman–Crippen MR) is 73.7 cm³/mol. The van der Waals surface area contributed by atoms with E-state index < -0.39 is 11.6 Å². The maximum absolute atomic E-state index is 13.7. The minimum atomic E-state index is -0.936. The van der Waals surface area contributed by atoms with E-state index in [1.54, 1.807) is 12.1 Å². The fraction of sp³-hybridized carbons (Fsp3) is 0. The lowest BCUT2D eigenvalue weighted by molar-refractivity contribution is 0.629. The largest absolute Gasteiger partial charge is 0.235 e. The number of nitriles is 2. The highest BCUT2D eigenvalue weighted by molar-refractivity contribution is 5.76. The van der Waals surface area contributed by atoms with Crippen LogP contribution in [-0.4, -0.2) is 0 Å². The lowest BCUT2D eigenvalue weighted by Crippen LogP contribution is -1.90. The Morgan fingerprint density at radius 3 is 1.41 bits per heavy atom. The maximum atomic E-state index is 13.7. The number of halogens is 2. The Morgan fingerprint density at radius 1 is 0.773 bits per heavy atom. The monoisotopic (exact) mass is 290 g/mol. The highest BCUT2D eigenvalue weighted by Gasteiger charge is 2.15. The molecule has 0 saturated heterocycles. The molecule has 0 fully saturated rings. The highest BCUT2D eigenvalue weighted by atomic mass is 19.1. The molecule has 102 valence electrons. The quantitative estimate of drug-likeness (QED) is 0.727. The molecule has 0 aliphatic rings. The molecule has 0 aliphatic carbocycles. The van der Waals surface area contributed by atoms with Crippen LogP contribution in [0.15, 0.2) is 24.3 Å². The van der Waals surface area contributed by atoms with E-state index in [1.807, 2.05) is 0 Å². The van der Waals surface area contributed by atoms with E-state index in [1.165, 1.54) is 24.3 Å². The number of rotatable bonds is 1. The van der Waals surface area contributed by atoms with Gasteiger partial charge in [0.05, 0.1) is 24.3 Å². The van der Waals surface area contributed by atoms with Crippen molar-refractivity contribution in [2.24, 2.45) is 0 Å². The Labute approximate surface area is 124 Å². The highest BCUT2D eigenvalue weighted by Crippen LogP contribution is 2.33. The zero-order valence-electron chi connectivity index (χ0n) is 10.9. The van der Waals surface area contributed by atoms with E-state index in [0.717, 1.165) is 0 Å². The number of nitrogens with zero attached hydrogens (tertiary/aromatic N) is 4. The van der Waals surface area contributed by atoms with Crippen LogP contribution in [0.1, 0.15) is 11.1 Å². The molecule has 0 bridgehead atoms. The Kier molecular flexibility index (Phi) is 3.81. The number of hydrogen-bond donors (Lipinski definition) is 0. The zero-order chi connectivity index (χ0) is 16.3. The van der Waals surface area contributed by atoms with Gasteiger partial charge in [0.2, 0.25) is 11.4 Å². The minimum absolute atomic E-state index is 0.255. The van der Waals surface area contributed by atoms with Gasteiger partial charge in [-0.15, -0.1) is 0 Å². The van der Waals surface area contributed by atoms with Crippen molar-refractivity contribution in [2.75, 3.05) is 0 Å². The molecule has 0 radical (unpaired) electrons. The van der Waals surface area contributed by atoms with E-state index in [-0.39, 0.29) is 33.6 Å². The van der Waals surface area contributed by atoms with E-state index in [2.05, 4.69) is 9.69 Å². The molecular weight excluding hydrogens is 286 g/mol. The molecule has 0 unspecified atom stereocenters. The molecule has 0 aromatic heterocycles. The summed E-state index contributed by atoms with van der Waals surface area (Å²) in [6, 6.07) is 8.01. The first kappa shape index (κ1) is 14.7. The van der Waals surface area contributed by atoms with Crippen molar-refractivity contribution in [3.05, 3.63) is 69.9 Å². The van der Waals surface area contributed by atoms with E-state index in [9.17, 15) is 8.78 Å². The summed E-state index contributed by atoms with van der Waals surface area (Å²) in [6.07, 6.45) is 0. The second-order valence-electron chi connectivity index (χ2n) is 4.16. The first-order chi connectivity index (χ1) is 10.5. The zero-order valence-corrected chi connectivity index (χ0v) is 10.9. The third-order valence-electron chi connectivity index (χ3n) is 2.92. The standard InChI is InChI=1S/C16H4F2N4/c1-21-13-5-9(3-11(7-19)15(13)17)10-4-12(8-20)16(18)14(6-10)22-2/h3-6H.